The van der Waals surface area contributed by atoms with E-state index in [9.17, 15) is 14.7 Å². The zero-order valence-electron chi connectivity index (χ0n) is 11.4. The van der Waals surface area contributed by atoms with Crippen LogP contribution < -0.4 is 10.1 Å². The average Bonchev–Trinajstić information content (AvgIpc) is 2.91. The summed E-state index contributed by atoms with van der Waals surface area (Å²) in [7, 11) is 0. The first-order chi connectivity index (χ1) is 9.98. The molecule has 114 valence electrons. The predicted octanol–water partition coefficient (Wildman–Crippen LogP) is 1.11. The normalized spacial score (nSPS) is 21.0. The van der Waals surface area contributed by atoms with Crippen molar-refractivity contribution in [3.8, 4) is 5.88 Å². The van der Waals surface area contributed by atoms with Gasteiger partial charge >= 0.3 is 5.97 Å². The third kappa shape index (κ3) is 3.25. The lowest BCUT2D eigenvalue weighted by Crippen LogP contribution is -2.55. The second-order valence-electron chi connectivity index (χ2n) is 4.59. The molecule has 2 rings (SSSR count). The lowest BCUT2D eigenvalue weighted by atomic mass is 9.98. The van der Waals surface area contributed by atoms with Crippen LogP contribution in [0.4, 0.5) is 0 Å². The van der Waals surface area contributed by atoms with Crippen LogP contribution in [0.25, 0.3) is 0 Å². The van der Waals surface area contributed by atoms with Gasteiger partial charge in [0, 0.05) is 19.2 Å². The molecule has 8 heteroatoms. The van der Waals surface area contributed by atoms with Gasteiger partial charge in [0.05, 0.1) is 18.8 Å². The highest BCUT2D eigenvalue weighted by Crippen LogP contribution is 2.24. The van der Waals surface area contributed by atoms with Crippen LogP contribution in [0.15, 0.2) is 12.3 Å². The molecule has 1 fully saturated rings. The van der Waals surface area contributed by atoms with Gasteiger partial charge in [-0.15, -0.1) is 0 Å². The number of nitrogens with one attached hydrogen (secondary N) is 1. The standard InChI is InChI=1S/C13H15ClN2O5/c1-2-21-11-9(14)5-8(6-15-11)10(17)16-13(12(18)19)3-4-20-7-13/h5-6H,2-4,7H2,1H3,(H,16,17)(H,18,19). The fourth-order valence-corrected chi connectivity index (χ4v) is 2.19. The molecule has 0 aliphatic carbocycles. The summed E-state index contributed by atoms with van der Waals surface area (Å²) in [5, 5.41) is 11.9. The maximum absolute atomic E-state index is 12.2. The first-order valence-corrected chi connectivity index (χ1v) is 6.78. The molecule has 0 saturated carbocycles. The highest BCUT2D eigenvalue weighted by atomic mass is 35.5. The van der Waals surface area contributed by atoms with Crippen LogP contribution in [0.5, 0.6) is 5.88 Å². The maximum Gasteiger partial charge on any atom is 0.331 e. The Hall–Kier alpha value is -1.86. The highest BCUT2D eigenvalue weighted by Gasteiger charge is 2.44. The Morgan fingerprint density at radius 3 is 2.90 bits per heavy atom. The van der Waals surface area contributed by atoms with E-state index < -0.39 is 17.4 Å². The molecule has 1 atom stereocenters. The smallest absolute Gasteiger partial charge is 0.331 e. The molecule has 1 aliphatic heterocycles. The average molecular weight is 315 g/mol. The summed E-state index contributed by atoms with van der Waals surface area (Å²) in [5.41, 5.74) is -1.24. The van der Waals surface area contributed by atoms with Crippen molar-refractivity contribution in [2.24, 2.45) is 0 Å². The molecule has 1 aliphatic rings. The monoisotopic (exact) mass is 314 g/mol. The van der Waals surface area contributed by atoms with Crippen molar-refractivity contribution in [3.63, 3.8) is 0 Å². The lowest BCUT2D eigenvalue weighted by molar-refractivity contribution is -0.144. The number of carbonyl (C=O) groups is 2. The minimum absolute atomic E-state index is 0.0632. The molecule has 0 bridgehead atoms. The molecule has 0 aromatic carbocycles. The number of ether oxygens (including phenoxy) is 2. The number of pyridine rings is 1. The van der Waals surface area contributed by atoms with Gasteiger partial charge < -0.3 is 19.9 Å². The molecule has 1 unspecified atom stereocenters. The zero-order valence-corrected chi connectivity index (χ0v) is 12.1. The Balaban J connectivity index is 2.16. The Kier molecular flexibility index (Phi) is 4.64. The Bertz CT molecular complexity index is 557. The summed E-state index contributed by atoms with van der Waals surface area (Å²) >= 11 is 5.96. The van der Waals surface area contributed by atoms with Gasteiger partial charge in [-0.2, -0.15) is 0 Å². The fraction of sp³-hybridized carbons (Fsp3) is 0.462. The van der Waals surface area contributed by atoms with Crippen molar-refractivity contribution in [3.05, 3.63) is 22.8 Å². The van der Waals surface area contributed by atoms with E-state index in [1.54, 1.807) is 6.92 Å². The molecule has 0 spiro atoms. The van der Waals surface area contributed by atoms with Crippen molar-refractivity contribution in [2.75, 3.05) is 19.8 Å². The van der Waals surface area contributed by atoms with E-state index in [0.717, 1.165) is 0 Å². The number of nitrogens with zero attached hydrogens (tertiary/aromatic N) is 1. The van der Waals surface area contributed by atoms with Crippen LogP contribution in [-0.4, -0.2) is 47.3 Å². The van der Waals surface area contributed by atoms with E-state index in [0.29, 0.717) is 6.61 Å². The van der Waals surface area contributed by atoms with Crippen molar-refractivity contribution in [1.29, 1.82) is 0 Å². The van der Waals surface area contributed by atoms with Crippen LogP contribution in [-0.2, 0) is 9.53 Å². The fourth-order valence-electron chi connectivity index (χ4n) is 1.97. The van der Waals surface area contributed by atoms with Crippen LogP contribution in [0.1, 0.15) is 23.7 Å². The van der Waals surface area contributed by atoms with E-state index in [-0.39, 0.29) is 36.1 Å². The van der Waals surface area contributed by atoms with Crippen LogP contribution >= 0.6 is 11.6 Å². The molecule has 1 amide bonds. The summed E-state index contributed by atoms with van der Waals surface area (Å²) < 4.78 is 10.3. The number of amides is 1. The van der Waals surface area contributed by atoms with E-state index in [4.69, 9.17) is 21.1 Å². The number of carboxylic acids is 1. The van der Waals surface area contributed by atoms with Crippen molar-refractivity contribution in [1.82, 2.24) is 10.3 Å². The van der Waals surface area contributed by atoms with E-state index in [1.165, 1.54) is 12.3 Å². The summed E-state index contributed by atoms with van der Waals surface area (Å²) in [4.78, 5) is 27.4. The molecular formula is C13H15ClN2O5. The summed E-state index contributed by atoms with van der Waals surface area (Å²) in [6.07, 6.45) is 1.50. The molecule has 0 radical (unpaired) electrons. The van der Waals surface area contributed by atoms with Gasteiger partial charge in [0.15, 0.2) is 5.54 Å². The molecule has 1 aromatic rings. The van der Waals surface area contributed by atoms with Crippen molar-refractivity contribution < 1.29 is 24.2 Å². The first kappa shape index (κ1) is 15.5. The lowest BCUT2D eigenvalue weighted by Gasteiger charge is -2.23. The molecule has 21 heavy (non-hydrogen) atoms. The van der Waals surface area contributed by atoms with Crippen molar-refractivity contribution >= 4 is 23.5 Å². The Morgan fingerprint density at radius 1 is 1.62 bits per heavy atom. The molecule has 1 aromatic heterocycles. The predicted molar refractivity (Wildman–Crippen MR) is 73.7 cm³/mol. The van der Waals surface area contributed by atoms with Gasteiger partial charge in [-0.3, -0.25) is 4.79 Å². The third-order valence-electron chi connectivity index (χ3n) is 3.13. The minimum Gasteiger partial charge on any atom is -0.479 e. The summed E-state index contributed by atoms with van der Waals surface area (Å²) in [6.45, 7) is 2.41. The zero-order chi connectivity index (χ0) is 15.5. The second kappa shape index (κ2) is 6.28. The molecule has 7 nitrogen and oxygen atoms in total. The largest absolute Gasteiger partial charge is 0.479 e. The van der Waals surface area contributed by atoms with Gasteiger partial charge in [0.1, 0.15) is 5.02 Å². The van der Waals surface area contributed by atoms with Gasteiger partial charge in [-0.25, -0.2) is 9.78 Å². The van der Waals surface area contributed by atoms with E-state index in [1.807, 2.05) is 0 Å². The van der Waals surface area contributed by atoms with Crippen LogP contribution in [0.2, 0.25) is 5.02 Å². The molecular weight excluding hydrogens is 300 g/mol. The third-order valence-corrected chi connectivity index (χ3v) is 3.41. The number of hydrogen-bond donors (Lipinski definition) is 2. The van der Waals surface area contributed by atoms with E-state index in [2.05, 4.69) is 10.3 Å². The number of halogens is 1. The number of aromatic nitrogens is 1. The van der Waals surface area contributed by atoms with Gasteiger partial charge in [0.2, 0.25) is 5.88 Å². The minimum atomic E-state index is -1.40. The molecule has 2 heterocycles. The van der Waals surface area contributed by atoms with E-state index >= 15 is 0 Å². The number of aliphatic carboxylic acids is 1. The molecule has 2 N–H and O–H groups in total. The number of carboxylic acid groups (broad SMARTS) is 1. The Labute approximate surface area is 126 Å². The topological polar surface area (TPSA) is 97.8 Å². The molecule has 1 saturated heterocycles. The SMILES string of the molecule is CCOc1ncc(C(=O)NC2(C(=O)O)CCOC2)cc1Cl. The second-order valence-corrected chi connectivity index (χ2v) is 5.00. The Morgan fingerprint density at radius 2 is 2.38 bits per heavy atom. The van der Waals surface area contributed by atoms with Gasteiger partial charge in [0.25, 0.3) is 5.91 Å². The summed E-state index contributed by atoms with van der Waals surface area (Å²) in [5.74, 6) is -1.47. The maximum atomic E-state index is 12.2. The van der Waals surface area contributed by atoms with Crippen LogP contribution in [0.3, 0.4) is 0 Å². The number of carbonyl (C=O) groups excluding carboxylic acids is 1. The number of hydrogen-bond acceptors (Lipinski definition) is 5. The highest BCUT2D eigenvalue weighted by molar-refractivity contribution is 6.32. The summed E-state index contributed by atoms with van der Waals surface area (Å²) in [6, 6.07) is 1.39. The quantitative estimate of drug-likeness (QED) is 0.845. The number of rotatable bonds is 5. The van der Waals surface area contributed by atoms with Gasteiger partial charge in [-0.1, -0.05) is 11.6 Å². The first-order valence-electron chi connectivity index (χ1n) is 6.40. The van der Waals surface area contributed by atoms with Crippen LogP contribution in [0, 0.1) is 0 Å². The van der Waals surface area contributed by atoms with Gasteiger partial charge in [-0.05, 0) is 13.0 Å². The van der Waals surface area contributed by atoms with Crippen molar-refractivity contribution in [2.45, 2.75) is 18.9 Å².